The van der Waals surface area contributed by atoms with Gasteiger partial charge < -0.3 is 135 Å². The van der Waals surface area contributed by atoms with Crippen LogP contribution in [0.15, 0.2) is 97.7 Å². The fraction of sp³-hybridized carbons (Fsp3) is 0.511. The molecule has 47 heteroatoms. The predicted octanol–water partition coefficient (Wildman–Crippen LogP) is -4.39. The fourth-order valence-corrected chi connectivity index (χ4v) is 18.1. The molecule has 0 saturated carbocycles. The molecule has 16 atom stereocenters. The Balaban J connectivity index is 1.03. The molecule has 0 spiro atoms. The molecular formula is C90H119N21O25S. The van der Waals surface area contributed by atoms with Gasteiger partial charge in [-0.15, -0.1) is 11.8 Å². The highest BCUT2D eigenvalue weighted by Gasteiger charge is 2.48. The Hall–Kier alpha value is -14.1. The number of para-hydroxylation sites is 2. The van der Waals surface area contributed by atoms with Crippen LogP contribution in [0.25, 0.3) is 21.8 Å². The highest BCUT2D eigenvalue weighted by atomic mass is 32.2. The van der Waals surface area contributed by atoms with Crippen LogP contribution in [0.3, 0.4) is 0 Å². The average molecular weight is 1930 g/mol. The van der Waals surface area contributed by atoms with E-state index in [0.29, 0.717) is 63.1 Å². The van der Waals surface area contributed by atoms with Crippen molar-refractivity contribution in [3.8, 4) is 5.75 Å². The van der Waals surface area contributed by atoms with E-state index in [1.54, 1.807) is 68.6 Å². The maximum absolute atomic E-state index is 15.7. The topological polar surface area (TPSA) is 695 Å². The summed E-state index contributed by atoms with van der Waals surface area (Å²) >= 11 is 0.670. The van der Waals surface area contributed by atoms with Crippen molar-refractivity contribution in [3.63, 3.8) is 0 Å². The third-order valence-corrected chi connectivity index (χ3v) is 25.5. The normalized spacial score (nSPS) is 25.5. The number of aliphatic hydroxyl groups excluding tert-OH is 3. The van der Waals surface area contributed by atoms with E-state index < -0.39 is 298 Å². The minimum atomic E-state index is -1.96. The summed E-state index contributed by atoms with van der Waals surface area (Å²) in [5, 5.41) is 90.8. The van der Waals surface area contributed by atoms with Gasteiger partial charge in [0.15, 0.2) is 0 Å². The Morgan fingerprint density at radius 3 is 1.53 bits per heavy atom. The Bertz CT molecular complexity index is 5390. The molecule has 0 radical (unpaired) electrons. The number of carboxylic acids is 2. The first-order valence-corrected chi connectivity index (χ1v) is 46.4. The van der Waals surface area contributed by atoms with Crippen molar-refractivity contribution in [2.45, 2.75) is 233 Å². The van der Waals surface area contributed by atoms with E-state index in [4.69, 9.17) is 11.5 Å². The molecular weight excluding hydrogens is 1810 g/mol. The van der Waals surface area contributed by atoms with E-state index in [1.807, 2.05) is 0 Å². The number of primary amides is 2. The zero-order chi connectivity index (χ0) is 99.6. The van der Waals surface area contributed by atoms with Gasteiger partial charge in [0.05, 0.1) is 43.9 Å². The second-order valence-corrected chi connectivity index (χ2v) is 35.5. The number of rotatable bonds is 26. The average Bonchev–Trinajstić information content (AvgIpc) is 1.72. The first kappa shape index (κ1) is 105. The second kappa shape index (κ2) is 49.4. The van der Waals surface area contributed by atoms with E-state index in [1.165, 1.54) is 57.1 Å². The van der Waals surface area contributed by atoms with Crippen LogP contribution in [-0.4, -0.2) is 343 Å². The number of thioether (sulfide) groups is 1. The molecule has 4 saturated heterocycles. The van der Waals surface area contributed by atoms with Gasteiger partial charge in [-0.3, -0.25) is 91.1 Å². The molecule has 740 valence electrons. The number of likely N-dealkylation sites (N-methyl/N-ethyl adjacent to an activating group) is 2. The molecule has 3 aromatic heterocycles. The minimum absolute atomic E-state index is 0.0730. The van der Waals surface area contributed by atoms with Crippen LogP contribution in [0.4, 0.5) is 0 Å². The molecule has 17 amide bonds. The van der Waals surface area contributed by atoms with Crippen molar-refractivity contribution in [1.82, 2.24) is 97.6 Å². The zero-order valence-electron chi connectivity index (χ0n) is 76.0. The van der Waals surface area contributed by atoms with Gasteiger partial charge in [0, 0.05) is 137 Å². The van der Waals surface area contributed by atoms with Crippen molar-refractivity contribution >= 4 is 146 Å². The number of imidazole rings is 1. The molecule has 4 aliphatic heterocycles. The first-order chi connectivity index (χ1) is 65.3. The van der Waals surface area contributed by atoms with Crippen LogP contribution in [0.5, 0.6) is 5.75 Å². The summed E-state index contributed by atoms with van der Waals surface area (Å²) in [6, 6.07) is -4.84. The molecule has 0 aliphatic carbocycles. The lowest BCUT2D eigenvalue weighted by atomic mass is 10.00. The number of benzene rings is 3. The maximum atomic E-state index is 15.7. The Labute approximate surface area is 789 Å². The summed E-state index contributed by atoms with van der Waals surface area (Å²) < 4.78 is 0. The van der Waals surface area contributed by atoms with Crippen molar-refractivity contribution < 1.29 is 122 Å². The maximum Gasteiger partial charge on any atom is 0.303 e. The van der Waals surface area contributed by atoms with Gasteiger partial charge >= 0.3 is 11.9 Å². The number of amides is 17. The summed E-state index contributed by atoms with van der Waals surface area (Å²) in [5.74, 6) is -22.4. The number of aliphatic hydroxyl groups is 3. The van der Waals surface area contributed by atoms with Crippen LogP contribution in [0.1, 0.15) is 133 Å². The number of hydrogen-bond donors (Lipinski definition) is 21. The number of unbranched alkanes of at least 4 members (excludes halogenated alkanes) is 2. The second-order valence-electron chi connectivity index (χ2n) is 34.5. The summed E-state index contributed by atoms with van der Waals surface area (Å²) in [5.41, 5.74) is 13.7. The lowest BCUT2D eigenvalue weighted by Gasteiger charge is -2.36. The van der Waals surface area contributed by atoms with Crippen LogP contribution >= 0.6 is 11.8 Å². The monoisotopic (exact) mass is 1930 g/mol. The molecule has 4 aliphatic rings. The number of aromatic amines is 3. The van der Waals surface area contributed by atoms with Crippen molar-refractivity contribution in [3.05, 3.63) is 120 Å². The molecule has 3 aromatic carbocycles. The number of phenolic OH excluding ortho intramolecular Hbond substituents is 1. The third kappa shape index (κ3) is 28.5. The van der Waals surface area contributed by atoms with Crippen molar-refractivity contribution in [2.75, 3.05) is 58.4 Å². The summed E-state index contributed by atoms with van der Waals surface area (Å²) in [4.78, 5) is 293. The van der Waals surface area contributed by atoms with Gasteiger partial charge in [0.2, 0.25) is 100 Å². The van der Waals surface area contributed by atoms with Gasteiger partial charge in [0.1, 0.15) is 90.3 Å². The molecule has 137 heavy (non-hydrogen) atoms. The van der Waals surface area contributed by atoms with E-state index >= 15 is 43.2 Å². The van der Waals surface area contributed by atoms with Gasteiger partial charge in [-0.2, -0.15) is 0 Å². The number of nitrogens with zero attached hydrogens (tertiary/aromatic N) is 6. The molecule has 46 nitrogen and oxygen atoms in total. The minimum Gasteiger partial charge on any atom is -0.508 e. The Kier molecular flexibility index (Phi) is 37.9. The number of aromatic nitrogens is 4. The lowest BCUT2D eigenvalue weighted by molar-refractivity contribution is -0.149. The Morgan fingerprint density at radius 2 is 0.978 bits per heavy atom. The third-order valence-electron chi connectivity index (χ3n) is 24.5. The lowest BCUT2D eigenvalue weighted by Crippen LogP contribution is -2.62. The summed E-state index contributed by atoms with van der Waals surface area (Å²) in [7, 11) is 2.55. The first-order valence-electron chi connectivity index (χ1n) is 45.2. The van der Waals surface area contributed by atoms with E-state index in [0.717, 1.165) is 24.5 Å². The van der Waals surface area contributed by atoms with E-state index in [9.17, 15) is 78.6 Å². The number of carboxylic acid groups (broad SMARTS) is 2. The SMILES string of the molecule is CCCC[C@H]1C(=O)N(C)[C@@H](CCCC)C(=O)N[C@@H](CCC(=O)O)C(=O)N[C@H](C(=O)NCC(N)=O)CSCC(=O)N[C@@H](Cc2ccc(O)cc2)C(=O)N2C[C@H](O)C[C@H]2C(=O)N[C@@H](CC(N)=O)C(=O)N2CCC[C@H]2C(=O)N[C@@H](Cc2cnc[nH]2)C(=O)N[C@@H](CCC(=O)O)C(=O)N2C[C@H](O)C[C@H]2C(=O)N[C@@H](Cc2c[nH]c3ccccc23)C(=O)N[C@H](CO)C(=O)N[C@@H](Cc2c[nH]c3ccccc23)C(=O)N1C. The molecule has 10 rings (SSSR count). The number of phenols is 1. The molecule has 0 unspecified atom stereocenters. The number of H-pyrrole nitrogens is 3. The van der Waals surface area contributed by atoms with E-state index in [2.05, 4.69) is 73.1 Å². The van der Waals surface area contributed by atoms with Gasteiger partial charge in [0.25, 0.3) is 0 Å². The highest BCUT2D eigenvalue weighted by Crippen LogP contribution is 2.29. The standard InChI is InChI=1S/C90H119N21O25S/c1-5-7-18-67-82(128)99-58(25-27-75(119)120)78(124)106-66(77(123)96-40-73(92)117)44-137-45-74(118)98-62(30-47-21-23-51(113)24-22-47)89(135)111-42-53(115)35-71(111)85(131)104-64(36-72(91)116)88(134)109-29-13-20-68(109)83(129)102-61(33-50-39-93-46-97-50)80(126)100-59(26-28-76(121)122)87(133)110-41-52(114)34-70(110)84(130)101-60(31-48-37-94-56-16-11-9-14-54(48)56)79(125)105-65(43-112)81(127)103-63(32-49-38-95-57-17-12-10-15-55(49)57)86(132)108(4)69(19-8-6-2)90(136)107(67)3/h9-12,14-17,21-24,37-39,46,52-53,58-71,94-95,112-115H,5-8,13,18-20,25-36,40-45H2,1-4H3,(H2,91,116)(H2,92,117)(H,93,97)(H,96,123)(H,98,118)(H,99,128)(H,100,126)(H,101,130)(H,102,129)(H,103,127)(H,104,131)(H,105,125)(H,106,124)(H,119,120)(H,121,122)/t52-,53-,58+,59+,60+,61+,62+,63+,64+,65-,66+,67+,68+,69+,70+,71+/m1/s1. The number of hydrogen-bond acceptors (Lipinski definition) is 25. The Morgan fingerprint density at radius 1 is 0.496 bits per heavy atom. The molecule has 6 aromatic rings. The van der Waals surface area contributed by atoms with Gasteiger partial charge in [-0.05, 0) is 79.5 Å². The van der Waals surface area contributed by atoms with Crippen LogP contribution in [0.2, 0.25) is 0 Å². The van der Waals surface area contributed by atoms with E-state index in [-0.39, 0.29) is 75.8 Å². The smallest absolute Gasteiger partial charge is 0.303 e. The van der Waals surface area contributed by atoms with Gasteiger partial charge in [-0.1, -0.05) is 88.1 Å². The quantitative estimate of drug-likeness (QED) is 0.0244. The predicted molar refractivity (Wildman–Crippen MR) is 489 cm³/mol. The number of nitrogens with one attached hydrogen (secondary N) is 13. The molecule has 4 fully saturated rings. The molecule has 0 bridgehead atoms. The highest BCUT2D eigenvalue weighted by molar-refractivity contribution is 8.00. The number of carbonyl (C=O) groups excluding carboxylic acids is 17. The number of fused-ring (bicyclic) bond motifs is 5. The zero-order valence-corrected chi connectivity index (χ0v) is 76.9. The fourth-order valence-electron chi connectivity index (χ4n) is 17.2. The van der Waals surface area contributed by atoms with Gasteiger partial charge in [-0.25, -0.2) is 4.98 Å². The molecule has 23 N–H and O–H groups in total. The number of carbonyl (C=O) groups is 19. The molecule has 7 heterocycles. The van der Waals surface area contributed by atoms with Crippen LogP contribution in [0, 0.1) is 0 Å². The van der Waals surface area contributed by atoms with Crippen LogP contribution < -0.4 is 64.6 Å². The largest absolute Gasteiger partial charge is 0.508 e. The number of nitrogens with two attached hydrogens (primary N) is 2. The summed E-state index contributed by atoms with van der Waals surface area (Å²) in [6.45, 7) is 0.208. The summed E-state index contributed by atoms with van der Waals surface area (Å²) in [6.07, 6.45) is -2.49. The number of aliphatic carboxylic acids is 2. The number of aromatic hydroxyl groups is 1. The van der Waals surface area contributed by atoms with Crippen molar-refractivity contribution in [2.24, 2.45) is 11.5 Å². The van der Waals surface area contributed by atoms with Crippen molar-refractivity contribution in [1.29, 1.82) is 0 Å². The van der Waals surface area contributed by atoms with Crippen LogP contribution in [-0.2, 0) is 117 Å².